The molecule has 4 heteroatoms. The van der Waals surface area contributed by atoms with Gasteiger partial charge >= 0.3 is 0 Å². The van der Waals surface area contributed by atoms with Gasteiger partial charge in [-0.2, -0.15) is 5.26 Å². The van der Waals surface area contributed by atoms with Crippen molar-refractivity contribution in [3.05, 3.63) is 28.8 Å². The molecule has 3 nitrogen and oxygen atoms in total. The SMILES string of the molecule is N#Cc1c(Cl)cccc1N1CCC(O)C1. The van der Waals surface area contributed by atoms with Crippen LogP contribution in [0.4, 0.5) is 5.69 Å². The van der Waals surface area contributed by atoms with E-state index in [1.807, 2.05) is 17.0 Å². The van der Waals surface area contributed by atoms with E-state index in [0.717, 1.165) is 18.7 Å². The maximum atomic E-state index is 9.44. The van der Waals surface area contributed by atoms with Crippen LogP contribution in [0.25, 0.3) is 0 Å². The van der Waals surface area contributed by atoms with E-state index < -0.39 is 0 Å². The lowest BCUT2D eigenvalue weighted by atomic mass is 10.2. The predicted octanol–water partition coefficient (Wildman–Crippen LogP) is 1.78. The van der Waals surface area contributed by atoms with Crippen LogP contribution in [-0.2, 0) is 0 Å². The molecule has 0 spiro atoms. The molecule has 1 N–H and O–H groups in total. The Bertz CT molecular complexity index is 414. The van der Waals surface area contributed by atoms with E-state index in [2.05, 4.69) is 6.07 Å². The average molecular weight is 223 g/mol. The van der Waals surface area contributed by atoms with Gasteiger partial charge in [-0.15, -0.1) is 0 Å². The number of nitriles is 1. The third-order valence-electron chi connectivity index (χ3n) is 2.61. The zero-order valence-corrected chi connectivity index (χ0v) is 8.91. The van der Waals surface area contributed by atoms with Crippen LogP contribution in [-0.4, -0.2) is 24.3 Å². The highest BCUT2D eigenvalue weighted by atomic mass is 35.5. The maximum absolute atomic E-state index is 9.44. The first-order valence-electron chi connectivity index (χ1n) is 4.84. The minimum absolute atomic E-state index is 0.296. The molecule has 1 aromatic rings. The van der Waals surface area contributed by atoms with Crippen LogP contribution in [0.15, 0.2) is 18.2 Å². The molecule has 0 aliphatic carbocycles. The predicted molar refractivity (Wildman–Crippen MR) is 59.0 cm³/mol. The Morgan fingerprint density at radius 2 is 2.33 bits per heavy atom. The summed E-state index contributed by atoms with van der Waals surface area (Å²) in [5, 5.41) is 18.9. The molecule has 1 saturated heterocycles. The van der Waals surface area contributed by atoms with Crippen LogP contribution in [0.2, 0.25) is 5.02 Å². The fourth-order valence-corrected chi connectivity index (χ4v) is 2.06. The molecule has 1 aliphatic rings. The smallest absolute Gasteiger partial charge is 0.103 e. The molecule has 0 saturated carbocycles. The molecule has 0 bridgehead atoms. The van der Waals surface area contributed by atoms with Crippen molar-refractivity contribution in [1.29, 1.82) is 5.26 Å². The first-order chi connectivity index (χ1) is 7.22. The second-order valence-electron chi connectivity index (χ2n) is 3.63. The van der Waals surface area contributed by atoms with Crippen LogP contribution in [0, 0.1) is 11.3 Å². The number of hydrogen-bond donors (Lipinski definition) is 1. The molecule has 0 radical (unpaired) electrons. The molecule has 1 aromatic carbocycles. The van der Waals surface area contributed by atoms with Gasteiger partial charge in [-0.05, 0) is 18.6 Å². The zero-order valence-electron chi connectivity index (χ0n) is 8.15. The zero-order chi connectivity index (χ0) is 10.8. The topological polar surface area (TPSA) is 47.3 Å². The van der Waals surface area contributed by atoms with Crippen molar-refractivity contribution in [2.45, 2.75) is 12.5 Å². The van der Waals surface area contributed by atoms with Crippen molar-refractivity contribution in [2.24, 2.45) is 0 Å². The van der Waals surface area contributed by atoms with E-state index in [0.29, 0.717) is 17.1 Å². The molecule has 1 atom stereocenters. The van der Waals surface area contributed by atoms with Gasteiger partial charge in [0.25, 0.3) is 0 Å². The molecule has 1 aliphatic heterocycles. The lowest BCUT2D eigenvalue weighted by molar-refractivity contribution is 0.198. The number of anilines is 1. The lowest BCUT2D eigenvalue weighted by Crippen LogP contribution is -2.22. The first kappa shape index (κ1) is 10.3. The molecule has 1 heterocycles. The Morgan fingerprint density at radius 1 is 1.53 bits per heavy atom. The van der Waals surface area contributed by atoms with Gasteiger partial charge in [0, 0.05) is 13.1 Å². The summed E-state index contributed by atoms with van der Waals surface area (Å²) in [6.07, 6.45) is 0.452. The van der Waals surface area contributed by atoms with E-state index in [-0.39, 0.29) is 6.10 Å². The van der Waals surface area contributed by atoms with Crippen molar-refractivity contribution < 1.29 is 5.11 Å². The van der Waals surface area contributed by atoms with Crippen molar-refractivity contribution in [3.8, 4) is 6.07 Å². The molecular weight excluding hydrogens is 212 g/mol. The summed E-state index contributed by atoms with van der Waals surface area (Å²) in [5.74, 6) is 0. The van der Waals surface area contributed by atoms with E-state index in [9.17, 15) is 5.11 Å². The summed E-state index contributed by atoms with van der Waals surface area (Å²) in [7, 11) is 0. The molecule has 15 heavy (non-hydrogen) atoms. The Labute approximate surface area is 93.5 Å². The number of aliphatic hydroxyl groups is 1. The summed E-state index contributed by atoms with van der Waals surface area (Å²) in [5.41, 5.74) is 1.31. The summed E-state index contributed by atoms with van der Waals surface area (Å²) >= 11 is 5.93. The highest BCUT2D eigenvalue weighted by molar-refractivity contribution is 6.32. The molecule has 0 amide bonds. The minimum atomic E-state index is -0.296. The quantitative estimate of drug-likeness (QED) is 0.788. The average Bonchev–Trinajstić information content (AvgIpc) is 2.64. The van der Waals surface area contributed by atoms with E-state index in [4.69, 9.17) is 16.9 Å². The number of benzene rings is 1. The van der Waals surface area contributed by atoms with Crippen molar-refractivity contribution in [3.63, 3.8) is 0 Å². The van der Waals surface area contributed by atoms with Gasteiger partial charge in [0.05, 0.1) is 22.4 Å². The van der Waals surface area contributed by atoms with Crippen molar-refractivity contribution in [1.82, 2.24) is 0 Å². The number of hydrogen-bond acceptors (Lipinski definition) is 3. The fraction of sp³-hybridized carbons (Fsp3) is 0.364. The Morgan fingerprint density at radius 3 is 2.93 bits per heavy atom. The van der Waals surface area contributed by atoms with Gasteiger partial charge in [-0.25, -0.2) is 0 Å². The van der Waals surface area contributed by atoms with Gasteiger partial charge in [0.1, 0.15) is 6.07 Å². The van der Waals surface area contributed by atoms with Gasteiger partial charge in [-0.1, -0.05) is 17.7 Å². The van der Waals surface area contributed by atoms with Crippen LogP contribution in [0.1, 0.15) is 12.0 Å². The number of rotatable bonds is 1. The monoisotopic (exact) mass is 222 g/mol. The lowest BCUT2D eigenvalue weighted by Gasteiger charge is -2.19. The number of β-amino-alcohol motifs (C(OH)–C–C–N with tert-alkyl or cyclic N) is 1. The highest BCUT2D eigenvalue weighted by Crippen LogP contribution is 2.29. The van der Waals surface area contributed by atoms with Crippen LogP contribution in [0.3, 0.4) is 0 Å². The van der Waals surface area contributed by atoms with E-state index in [1.54, 1.807) is 6.07 Å². The molecule has 0 aromatic heterocycles. The summed E-state index contributed by atoms with van der Waals surface area (Å²) in [4.78, 5) is 2.00. The van der Waals surface area contributed by atoms with Gasteiger partial charge in [-0.3, -0.25) is 0 Å². The molecule has 78 valence electrons. The first-order valence-corrected chi connectivity index (χ1v) is 5.22. The highest BCUT2D eigenvalue weighted by Gasteiger charge is 2.22. The Hall–Kier alpha value is -1.24. The Balaban J connectivity index is 2.36. The number of aliphatic hydroxyl groups excluding tert-OH is 1. The molecule has 2 rings (SSSR count). The summed E-state index contributed by atoms with van der Waals surface area (Å²) < 4.78 is 0. The minimum Gasteiger partial charge on any atom is -0.391 e. The van der Waals surface area contributed by atoms with Crippen LogP contribution >= 0.6 is 11.6 Å². The summed E-state index contributed by atoms with van der Waals surface area (Å²) in [6, 6.07) is 7.49. The van der Waals surface area contributed by atoms with Gasteiger partial charge in [0.2, 0.25) is 0 Å². The third kappa shape index (κ3) is 1.92. The van der Waals surface area contributed by atoms with Crippen molar-refractivity contribution >= 4 is 17.3 Å². The second kappa shape index (κ2) is 4.09. The third-order valence-corrected chi connectivity index (χ3v) is 2.92. The molecule has 1 unspecified atom stereocenters. The Kier molecular flexibility index (Phi) is 2.81. The van der Waals surface area contributed by atoms with Crippen molar-refractivity contribution in [2.75, 3.05) is 18.0 Å². The van der Waals surface area contributed by atoms with E-state index in [1.165, 1.54) is 0 Å². The summed E-state index contributed by atoms with van der Waals surface area (Å²) in [6.45, 7) is 1.35. The largest absolute Gasteiger partial charge is 0.391 e. The van der Waals surface area contributed by atoms with Crippen LogP contribution in [0.5, 0.6) is 0 Å². The normalized spacial score (nSPS) is 20.3. The van der Waals surface area contributed by atoms with Crippen LogP contribution < -0.4 is 4.90 Å². The van der Waals surface area contributed by atoms with E-state index >= 15 is 0 Å². The van der Waals surface area contributed by atoms with Gasteiger partial charge < -0.3 is 10.0 Å². The fourth-order valence-electron chi connectivity index (χ4n) is 1.85. The van der Waals surface area contributed by atoms with Gasteiger partial charge in [0.15, 0.2) is 0 Å². The maximum Gasteiger partial charge on any atom is 0.103 e. The molecule has 1 fully saturated rings. The standard InChI is InChI=1S/C11H11ClN2O/c12-10-2-1-3-11(9(10)6-13)14-5-4-8(15)7-14/h1-3,8,15H,4-5,7H2. The number of halogens is 1. The second-order valence-corrected chi connectivity index (χ2v) is 4.04. The molecular formula is C11H11ClN2O. The number of nitrogens with zero attached hydrogens (tertiary/aromatic N) is 2.